The molecule has 0 aliphatic rings. The van der Waals surface area contributed by atoms with E-state index >= 15 is 0 Å². The summed E-state index contributed by atoms with van der Waals surface area (Å²) in [6, 6.07) is 0. The Labute approximate surface area is 145 Å². The maximum absolute atomic E-state index is 9.31. The number of hydroxylamine groups is 2. The average Bonchev–Trinajstić information content (AvgIpc) is 2.57. The van der Waals surface area contributed by atoms with Crippen LogP contribution in [-0.2, 0) is 0 Å². The van der Waals surface area contributed by atoms with E-state index in [1.54, 1.807) is 0 Å². The van der Waals surface area contributed by atoms with Crippen LogP contribution in [-0.4, -0.2) is 35.1 Å². The molecule has 0 aliphatic carbocycles. The van der Waals surface area contributed by atoms with Crippen LogP contribution in [0.25, 0.3) is 0 Å². The Kier molecular flexibility index (Phi) is 19.8. The fourth-order valence-corrected chi connectivity index (χ4v) is 3.04. The highest BCUT2D eigenvalue weighted by atomic mass is 16.5. The van der Waals surface area contributed by atoms with Crippen molar-refractivity contribution in [2.24, 2.45) is 0 Å². The first kappa shape index (κ1) is 22.9. The molecule has 0 saturated heterocycles. The van der Waals surface area contributed by atoms with Crippen molar-refractivity contribution in [1.29, 1.82) is 0 Å². The highest BCUT2D eigenvalue weighted by Crippen LogP contribution is 2.13. The van der Waals surface area contributed by atoms with E-state index in [1.807, 2.05) is 6.92 Å². The lowest BCUT2D eigenvalue weighted by molar-refractivity contribution is -0.0869. The second-order valence-electron chi connectivity index (χ2n) is 6.93. The van der Waals surface area contributed by atoms with Gasteiger partial charge in [0.05, 0.1) is 0 Å². The molecule has 23 heavy (non-hydrogen) atoms. The Morgan fingerprint density at radius 3 is 1.13 bits per heavy atom. The number of aliphatic hydroxyl groups excluding tert-OH is 1. The van der Waals surface area contributed by atoms with E-state index in [0.29, 0.717) is 6.61 Å². The molecular formula is C20H43NO2. The Balaban J connectivity index is 2.97. The molecular weight excluding hydrogens is 286 g/mol. The van der Waals surface area contributed by atoms with Crippen LogP contribution in [0.4, 0.5) is 0 Å². The van der Waals surface area contributed by atoms with Crippen LogP contribution in [0.15, 0.2) is 0 Å². The highest BCUT2D eigenvalue weighted by Gasteiger charge is 1.97. The average molecular weight is 330 g/mol. The predicted octanol–water partition coefficient (Wildman–Crippen LogP) is 5.93. The van der Waals surface area contributed by atoms with Crippen molar-refractivity contribution >= 4 is 0 Å². The van der Waals surface area contributed by atoms with Crippen molar-refractivity contribution in [3.05, 3.63) is 0 Å². The molecule has 0 radical (unpaired) electrons. The first-order valence-corrected chi connectivity index (χ1v) is 10.4. The summed E-state index contributed by atoms with van der Waals surface area (Å²) in [5.41, 5.74) is 0. The third-order valence-electron chi connectivity index (χ3n) is 4.69. The second-order valence-corrected chi connectivity index (χ2v) is 6.93. The van der Waals surface area contributed by atoms with E-state index in [1.165, 1.54) is 95.0 Å². The highest BCUT2D eigenvalue weighted by molar-refractivity contribution is 4.50. The van der Waals surface area contributed by atoms with Gasteiger partial charge in [0, 0.05) is 19.7 Å². The maximum atomic E-state index is 9.31. The molecule has 140 valence electrons. The molecule has 0 amide bonds. The molecule has 0 aromatic heterocycles. The quantitative estimate of drug-likeness (QED) is 0.228. The summed E-state index contributed by atoms with van der Waals surface area (Å²) >= 11 is 0. The molecule has 3 heteroatoms. The van der Waals surface area contributed by atoms with Gasteiger partial charge in [-0.2, -0.15) is 5.06 Å². The molecule has 0 atom stereocenters. The Hall–Kier alpha value is -0.120. The van der Waals surface area contributed by atoms with Gasteiger partial charge >= 0.3 is 0 Å². The minimum absolute atomic E-state index is 0.361. The Morgan fingerprint density at radius 1 is 0.522 bits per heavy atom. The van der Waals surface area contributed by atoms with Crippen LogP contribution in [0.3, 0.4) is 0 Å². The molecule has 0 unspecified atom stereocenters. The summed E-state index contributed by atoms with van der Waals surface area (Å²) in [6.45, 7) is 3.92. The van der Waals surface area contributed by atoms with Crippen LogP contribution in [0.2, 0.25) is 0 Å². The topological polar surface area (TPSA) is 43.7 Å². The number of nitrogens with zero attached hydrogens (tertiary/aromatic N) is 1. The Morgan fingerprint density at radius 2 is 0.826 bits per heavy atom. The standard InChI is InChI=1S/C20H43NO2/c1-2-21(23)19-17-15-13-11-9-7-5-3-4-6-8-10-12-14-16-18-20-22/h22-23H,2-20H2,1H3. The molecule has 0 spiro atoms. The van der Waals surface area contributed by atoms with E-state index < -0.39 is 0 Å². The zero-order valence-corrected chi connectivity index (χ0v) is 15.8. The minimum Gasteiger partial charge on any atom is -0.396 e. The number of hydrogen-bond acceptors (Lipinski definition) is 3. The van der Waals surface area contributed by atoms with Gasteiger partial charge in [-0.25, -0.2) is 0 Å². The van der Waals surface area contributed by atoms with Crippen molar-refractivity contribution in [3.63, 3.8) is 0 Å². The van der Waals surface area contributed by atoms with Gasteiger partial charge in [-0.15, -0.1) is 0 Å². The van der Waals surface area contributed by atoms with Crippen molar-refractivity contribution < 1.29 is 10.3 Å². The maximum Gasteiger partial charge on any atom is 0.0431 e. The molecule has 0 aromatic carbocycles. The van der Waals surface area contributed by atoms with Crippen LogP contribution in [0.5, 0.6) is 0 Å². The largest absolute Gasteiger partial charge is 0.396 e. The lowest BCUT2D eigenvalue weighted by Gasteiger charge is -2.10. The zero-order valence-electron chi connectivity index (χ0n) is 15.8. The fraction of sp³-hybridized carbons (Fsp3) is 1.00. The summed E-state index contributed by atoms with van der Waals surface area (Å²) in [7, 11) is 0. The number of aliphatic hydroxyl groups is 1. The molecule has 0 fully saturated rings. The van der Waals surface area contributed by atoms with Gasteiger partial charge in [0.2, 0.25) is 0 Å². The molecule has 0 saturated carbocycles. The smallest absolute Gasteiger partial charge is 0.0431 e. The van der Waals surface area contributed by atoms with Crippen LogP contribution >= 0.6 is 0 Å². The van der Waals surface area contributed by atoms with Crippen molar-refractivity contribution in [2.45, 2.75) is 110 Å². The molecule has 0 rings (SSSR count). The van der Waals surface area contributed by atoms with Crippen molar-refractivity contribution in [1.82, 2.24) is 5.06 Å². The van der Waals surface area contributed by atoms with Crippen LogP contribution in [0.1, 0.15) is 110 Å². The lowest BCUT2D eigenvalue weighted by atomic mass is 10.0. The first-order valence-electron chi connectivity index (χ1n) is 10.4. The second kappa shape index (κ2) is 19.9. The summed E-state index contributed by atoms with van der Waals surface area (Å²) in [5.74, 6) is 0. The molecule has 0 aliphatic heterocycles. The van der Waals surface area contributed by atoms with Crippen molar-refractivity contribution in [2.75, 3.05) is 19.7 Å². The minimum atomic E-state index is 0.361. The lowest BCUT2D eigenvalue weighted by Crippen LogP contribution is -2.19. The monoisotopic (exact) mass is 329 g/mol. The Bertz CT molecular complexity index is 212. The van der Waals surface area contributed by atoms with E-state index in [-0.39, 0.29) is 0 Å². The fourth-order valence-electron chi connectivity index (χ4n) is 3.04. The molecule has 0 heterocycles. The van der Waals surface area contributed by atoms with Gasteiger partial charge in [0.25, 0.3) is 0 Å². The van der Waals surface area contributed by atoms with E-state index in [4.69, 9.17) is 5.11 Å². The number of hydrogen-bond donors (Lipinski definition) is 2. The van der Waals surface area contributed by atoms with E-state index in [0.717, 1.165) is 25.9 Å². The normalized spacial score (nSPS) is 11.5. The number of rotatable bonds is 19. The van der Waals surface area contributed by atoms with Crippen LogP contribution < -0.4 is 0 Å². The molecule has 2 N–H and O–H groups in total. The van der Waals surface area contributed by atoms with Crippen LogP contribution in [0, 0.1) is 0 Å². The van der Waals surface area contributed by atoms with Gasteiger partial charge in [-0.05, 0) is 12.8 Å². The van der Waals surface area contributed by atoms with Gasteiger partial charge in [-0.3, -0.25) is 0 Å². The van der Waals surface area contributed by atoms with Gasteiger partial charge in [-0.1, -0.05) is 96.8 Å². The summed E-state index contributed by atoms with van der Waals surface area (Å²) in [6.07, 6.45) is 21.2. The van der Waals surface area contributed by atoms with Gasteiger partial charge < -0.3 is 10.3 Å². The predicted molar refractivity (Wildman–Crippen MR) is 100.0 cm³/mol. The van der Waals surface area contributed by atoms with Gasteiger partial charge in [0.1, 0.15) is 0 Å². The van der Waals surface area contributed by atoms with E-state index in [2.05, 4.69) is 0 Å². The van der Waals surface area contributed by atoms with E-state index in [9.17, 15) is 5.21 Å². The molecule has 0 bridgehead atoms. The third kappa shape index (κ3) is 19.8. The summed E-state index contributed by atoms with van der Waals surface area (Å²) < 4.78 is 0. The van der Waals surface area contributed by atoms with Crippen molar-refractivity contribution in [3.8, 4) is 0 Å². The number of unbranched alkanes of at least 4 members (excludes halogenated alkanes) is 15. The summed E-state index contributed by atoms with van der Waals surface area (Å²) in [5, 5.41) is 19.4. The zero-order chi connectivity index (χ0) is 17.0. The first-order chi connectivity index (χ1) is 11.3. The van der Waals surface area contributed by atoms with Gasteiger partial charge in [0.15, 0.2) is 0 Å². The molecule has 3 nitrogen and oxygen atoms in total. The molecule has 0 aromatic rings. The summed E-state index contributed by atoms with van der Waals surface area (Å²) in [4.78, 5) is 0. The third-order valence-corrected chi connectivity index (χ3v) is 4.69. The SMILES string of the molecule is CCN(O)CCCCCCCCCCCCCCCCCCO.